The minimum atomic E-state index is -1.17. The van der Waals surface area contributed by atoms with Gasteiger partial charge in [-0.25, -0.2) is 33.9 Å². The first-order valence-corrected chi connectivity index (χ1v) is 41.7. The summed E-state index contributed by atoms with van der Waals surface area (Å²) < 4.78 is 53.0. The fraction of sp³-hybridized carbons (Fsp3) is 0.473. The second kappa shape index (κ2) is 39.0. The fourth-order valence-corrected chi connectivity index (χ4v) is 17.6. The highest BCUT2D eigenvalue weighted by Crippen LogP contribution is 2.46. The Morgan fingerprint density at radius 3 is 1.27 bits per heavy atom. The number of fused-ring (bicyclic) bond motifs is 6. The molecule has 8 aliphatic heterocycles. The van der Waals surface area contributed by atoms with Gasteiger partial charge in [0.15, 0.2) is 17.6 Å². The third-order valence-electron chi connectivity index (χ3n) is 24.4. The van der Waals surface area contributed by atoms with Gasteiger partial charge in [-0.3, -0.25) is 24.4 Å². The number of rotatable bonds is 22. The SMILES string of the molecule is C.COC(=O)N[C@H](C(=O)N1CC2(C[C@H]1c1ncc(-c3ccc(-c4ccc5c6c(ccc5c4)N=C([C@@H]4CCCN4)C6)cc3)[nH]1)OCCO2)C(C)C.COC(=O)N[C@H](C(=O)N1CC2(C[C@H]1c1ncc(-c3ccc(-c4ccc5c6c(ccc5c4)N=C([C@@H]4CCCN4C(=O)[C@@H](NC(=O)OC)[C@@H](C)OC)C6)cc3)[nH]1)OCCO2)C(C)C.COC(=O)N[C@H](C(=O)O)[C@@H](C)OC. The Morgan fingerprint density at radius 1 is 0.468 bits per heavy atom. The topological polar surface area (TPSA) is 401 Å². The van der Waals surface area contributed by atoms with E-state index in [1.807, 2.05) is 50.8 Å². The number of aliphatic carboxylic acids is 1. The minimum Gasteiger partial charge on any atom is -0.480 e. The van der Waals surface area contributed by atoms with Gasteiger partial charge in [-0.2, -0.15) is 0 Å². The highest BCUT2D eigenvalue weighted by molar-refractivity contribution is 6.07. The van der Waals surface area contributed by atoms with Crippen molar-refractivity contribution in [3.63, 3.8) is 0 Å². The molecule has 8 aromatic rings. The van der Waals surface area contributed by atoms with Gasteiger partial charge in [-0.1, -0.05) is 120 Å². The number of nitrogens with one attached hydrogen (secondary N) is 7. The number of benzene rings is 6. The Kier molecular flexibility index (Phi) is 28.3. The second-order valence-electron chi connectivity index (χ2n) is 32.7. The molecular formula is C91H112N14O19. The quantitative estimate of drug-likeness (QED) is 0.0292. The molecule has 33 heteroatoms. The van der Waals surface area contributed by atoms with Gasteiger partial charge < -0.3 is 104 Å². The van der Waals surface area contributed by atoms with Crippen molar-refractivity contribution in [3.05, 3.63) is 144 Å². The Balaban J connectivity index is 0.000000188. The van der Waals surface area contributed by atoms with Crippen molar-refractivity contribution in [2.24, 2.45) is 21.8 Å². The summed E-state index contributed by atoms with van der Waals surface area (Å²) in [5.41, 5.74) is 14.6. The number of methoxy groups -OCH3 is 6. The molecule has 6 saturated heterocycles. The van der Waals surface area contributed by atoms with Gasteiger partial charge in [-0.15, -0.1) is 0 Å². The first-order valence-electron chi connectivity index (χ1n) is 41.7. The minimum absolute atomic E-state index is 0. The lowest BCUT2D eigenvalue weighted by atomic mass is 9.95. The number of aliphatic imine (C=N–C) groups is 2. The van der Waals surface area contributed by atoms with Crippen molar-refractivity contribution in [3.8, 4) is 44.8 Å². The molecule has 2 aromatic heterocycles. The monoisotopic (exact) mass is 1700 g/mol. The molecule has 6 fully saturated rings. The van der Waals surface area contributed by atoms with Crippen LogP contribution >= 0.6 is 0 Å². The number of alkyl carbamates (subject to hydrolysis) is 4. The normalized spacial score (nSPS) is 20.3. The number of aromatic nitrogens is 4. The van der Waals surface area contributed by atoms with Crippen LogP contribution in [0, 0.1) is 11.8 Å². The van der Waals surface area contributed by atoms with E-state index >= 15 is 0 Å². The number of H-pyrrole nitrogens is 2. The lowest BCUT2D eigenvalue weighted by Gasteiger charge is -2.31. The molecule has 7 amide bonds. The van der Waals surface area contributed by atoms with Gasteiger partial charge in [0, 0.05) is 63.9 Å². The molecule has 0 radical (unpaired) electrons. The third-order valence-corrected chi connectivity index (χ3v) is 24.4. The number of ether oxygens (including phenoxy) is 10. The molecule has 8 N–H and O–H groups in total. The molecule has 33 nitrogen and oxygen atoms in total. The summed E-state index contributed by atoms with van der Waals surface area (Å²) >= 11 is 0. The van der Waals surface area contributed by atoms with E-state index in [-0.39, 0.29) is 56.1 Å². The van der Waals surface area contributed by atoms with Crippen molar-refractivity contribution >= 4 is 92.4 Å². The van der Waals surface area contributed by atoms with Crippen LogP contribution in [-0.4, -0.2) is 255 Å². The van der Waals surface area contributed by atoms with Gasteiger partial charge in [-0.05, 0) is 148 Å². The summed E-state index contributed by atoms with van der Waals surface area (Å²) in [4.78, 5) is 131. The van der Waals surface area contributed by atoms with Crippen LogP contribution in [0.3, 0.4) is 0 Å². The van der Waals surface area contributed by atoms with E-state index in [1.165, 1.54) is 77.4 Å². The Labute approximate surface area is 719 Å². The zero-order valence-corrected chi connectivity index (χ0v) is 71.2. The van der Waals surface area contributed by atoms with Crippen LogP contribution in [0.2, 0.25) is 0 Å². The molecule has 0 unspecified atom stereocenters. The van der Waals surface area contributed by atoms with Crippen LogP contribution in [0.5, 0.6) is 0 Å². The van der Waals surface area contributed by atoms with Crippen molar-refractivity contribution in [2.75, 3.05) is 95.3 Å². The average molecular weight is 1710 g/mol. The number of hydrogen-bond acceptors (Lipinski definition) is 23. The Bertz CT molecular complexity index is 5280. The summed E-state index contributed by atoms with van der Waals surface area (Å²) in [6.07, 6.45) is 6.00. The maximum absolute atomic E-state index is 14.0. The number of imidazole rings is 2. The number of carboxylic acid groups (broad SMARTS) is 1. The zero-order chi connectivity index (χ0) is 87.1. The van der Waals surface area contributed by atoms with Crippen molar-refractivity contribution in [2.45, 2.75) is 172 Å². The van der Waals surface area contributed by atoms with Crippen LogP contribution in [-0.2, 0) is 79.4 Å². The van der Waals surface area contributed by atoms with Crippen LogP contribution in [0.4, 0.5) is 30.6 Å². The first kappa shape index (κ1) is 90.0. The van der Waals surface area contributed by atoms with E-state index in [9.17, 15) is 38.4 Å². The molecule has 124 heavy (non-hydrogen) atoms. The predicted octanol–water partition coefficient (Wildman–Crippen LogP) is 11.8. The lowest BCUT2D eigenvalue weighted by molar-refractivity contribution is -0.153. The molecule has 0 bridgehead atoms. The third kappa shape index (κ3) is 19.3. The highest BCUT2D eigenvalue weighted by atomic mass is 16.7. The molecule has 0 aliphatic carbocycles. The number of carboxylic acids is 1. The van der Waals surface area contributed by atoms with E-state index in [0.717, 1.165) is 111 Å². The number of amides is 7. The summed E-state index contributed by atoms with van der Waals surface area (Å²) in [6, 6.07) is 34.1. The largest absolute Gasteiger partial charge is 0.480 e. The van der Waals surface area contributed by atoms with E-state index in [4.69, 9.17) is 67.7 Å². The average Bonchev–Trinajstić information content (AvgIpc) is 1.61. The van der Waals surface area contributed by atoms with Gasteiger partial charge in [0.05, 0.1) is 133 Å². The van der Waals surface area contributed by atoms with E-state index in [0.29, 0.717) is 69.9 Å². The van der Waals surface area contributed by atoms with Crippen molar-refractivity contribution in [1.82, 2.24) is 61.2 Å². The van der Waals surface area contributed by atoms with E-state index < -0.39 is 90.4 Å². The number of nitrogens with zero attached hydrogens (tertiary/aromatic N) is 7. The molecule has 660 valence electrons. The van der Waals surface area contributed by atoms with E-state index in [2.05, 4.69) is 132 Å². The van der Waals surface area contributed by atoms with Crippen molar-refractivity contribution in [1.29, 1.82) is 0 Å². The summed E-state index contributed by atoms with van der Waals surface area (Å²) in [7, 11) is 7.86. The lowest BCUT2D eigenvalue weighted by Crippen LogP contribution is -2.56. The molecular weight excluding hydrogens is 1590 g/mol. The van der Waals surface area contributed by atoms with Crippen LogP contribution in [0.1, 0.15) is 122 Å². The zero-order valence-electron chi connectivity index (χ0n) is 71.2. The Morgan fingerprint density at radius 2 is 0.863 bits per heavy atom. The Hall–Kier alpha value is -11.7. The molecule has 0 saturated carbocycles. The maximum atomic E-state index is 14.0. The van der Waals surface area contributed by atoms with Crippen molar-refractivity contribution < 1.29 is 90.8 Å². The predicted molar refractivity (Wildman–Crippen MR) is 463 cm³/mol. The van der Waals surface area contributed by atoms with Crippen LogP contribution in [0.15, 0.2) is 132 Å². The summed E-state index contributed by atoms with van der Waals surface area (Å²) in [5, 5.41) is 27.2. The van der Waals surface area contributed by atoms with Gasteiger partial charge in [0.25, 0.3) is 0 Å². The molecule has 16 rings (SSSR count). The molecule has 6 aromatic carbocycles. The second-order valence-corrected chi connectivity index (χ2v) is 32.7. The number of likely N-dealkylation sites (tertiary alicyclic amines) is 3. The number of carbonyl (C=O) groups excluding carboxylic acids is 7. The highest BCUT2D eigenvalue weighted by Gasteiger charge is 2.55. The van der Waals surface area contributed by atoms with Crippen LogP contribution < -0.4 is 26.6 Å². The molecule has 2 spiro atoms. The number of carbonyl (C=O) groups is 8. The molecule has 8 aliphatic rings. The molecule has 10 atom stereocenters. The van der Waals surface area contributed by atoms with Gasteiger partial charge in [0.1, 0.15) is 29.8 Å². The fourth-order valence-electron chi connectivity index (χ4n) is 17.6. The maximum Gasteiger partial charge on any atom is 0.407 e. The number of hydrogen-bond donors (Lipinski definition) is 8. The van der Waals surface area contributed by atoms with Gasteiger partial charge >= 0.3 is 30.3 Å². The number of aromatic amines is 2. The summed E-state index contributed by atoms with van der Waals surface area (Å²) in [5.74, 6) is -2.82. The van der Waals surface area contributed by atoms with Gasteiger partial charge in [0.2, 0.25) is 17.7 Å². The van der Waals surface area contributed by atoms with E-state index in [1.54, 1.807) is 29.1 Å². The smallest absolute Gasteiger partial charge is 0.407 e. The standard InChI is InChI=1S/C45H53N7O9.C38H42N6O5.C7H13NO5.CH4/c1-25(2)38(49-43(55)58-5)41(53)52-24-45(60-18-19-61-45)22-37(52)40-46-23-35(48-40)28-11-9-27(10-12-28)29-13-15-31-30(20-29)14-16-33-32(31)21-34(47-33)36-8-7-17-51(36)42(54)39(26(3)57-4)50-44(56)59-6;1-22(2)34(43-37(46)47-3)36(45)44-21-38(48-15-16-49-38)19-33(44)35-40-20-32(42-35)24-8-6-23(7-9-24)25-10-12-27-26(17-25)11-13-29-28(27)18-31(41-29)30-5-4-14-39-30;1-4(12-2)5(6(9)10)8-7(11)13-3;/h9-16,20,23,25-26,36-39H,7-8,17-19,21-22,24H2,1-6H3,(H,46,48)(H,49,55)(H,50,56);6-13,17,20,22,30,33-34,39H,4-5,14-16,18-19,21H2,1-3H3,(H,40,42)(H,43,46);4-5H,1-3H3,(H,8,11)(H,9,10);1H4/t26-,36+,37+,38+,39+;30-,33-,34-;4-,5+;/m101./s1. The summed E-state index contributed by atoms with van der Waals surface area (Å²) in [6.45, 7) is 14.7. The first-order chi connectivity index (χ1) is 59.2. The van der Waals surface area contributed by atoms with Crippen LogP contribution in [0.25, 0.3) is 66.3 Å². The molecule has 10 heterocycles.